The molecule has 0 radical (unpaired) electrons. The van der Waals surface area contributed by atoms with E-state index in [0.717, 1.165) is 25.7 Å². The molecule has 0 saturated heterocycles. The molecule has 28 heavy (non-hydrogen) atoms. The van der Waals surface area contributed by atoms with Crippen molar-refractivity contribution in [3.63, 3.8) is 0 Å². The van der Waals surface area contributed by atoms with Gasteiger partial charge >= 0.3 is 0 Å². The van der Waals surface area contributed by atoms with Crippen LogP contribution < -0.4 is 16.4 Å². The number of aliphatic hydroxyl groups excluding tert-OH is 1. The summed E-state index contributed by atoms with van der Waals surface area (Å²) in [7, 11) is 0. The Morgan fingerprint density at radius 3 is 2.46 bits per heavy atom. The van der Waals surface area contributed by atoms with E-state index in [2.05, 4.69) is 30.6 Å². The molecule has 10 heteroatoms. The van der Waals surface area contributed by atoms with Crippen LogP contribution in [0.5, 0.6) is 0 Å². The summed E-state index contributed by atoms with van der Waals surface area (Å²) in [5.74, 6) is 1.01. The fourth-order valence-electron chi connectivity index (χ4n) is 3.21. The average molecular weight is 420 g/mol. The van der Waals surface area contributed by atoms with Crippen LogP contribution in [0.3, 0.4) is 0 Å². The van der Waals surface area contributed by atoms with Gasteiger partial charge < -0.3 is 21.5 Å². The fraction of sp³-hybridized carbons (Fsp3) is 0.333. The molecule has 0 bridgehead atoms. The van der Waals surface area contributed by atoms with E-state index < -0.39 is 0 Å². The molecule has 1 saturated carbocycles. The largest absolute Gasteiger partial charge is 0.396 e. The number of nitrogens with two attached hydrogens (primary N) is 1. The fourth-order valence-corrected chi connectivity index (χ4v) is 3.70. The zero-order chi connectivity index (χ0) is 19.7. The molecule has 1 aliphatic rings. The molecule has 0 amide bonds. The maximum Gasteiger partial charge on any atom is 0.223 e. The lowest BCUT2D eigenvalue weighted by molar-refractivity contribution is 0.126. The first kappa shape index (κ1) is 18.9. The highest BCUT2D eigenvalue weighted by Gasteiger charge is 2.20. The lowest BCUT2D eigenvalue weighted by Crippen LogP contribution is -2.28. The van der Waals surface area contributed by atoms with Gasteiger partial charge in [0.25, 0.3) is 0 Å². The van der Waals surface area contributed by atoms with Crippen molar-refractivity contribution in [1.29, 1.82) is 0 Å². The third-order valence-corrected chi connectivity index (χ3v) is 5.37. The number of fused-ring (bicyclic) bond motifs is 1. The zero-order valence-electron chi connectivity index (χ0n) is 14.9. The number of hydrogen-bond acceptors (Lipinski definition) is 8. The summed E-state index contributed by atoms with van der Waals surface area (Å²) in [5, 5.41) is 16.9. The number of nitrogens with zero attached hydrogens (tertiary/aromatic N) is 4. The van der Waals surface area contributed by atoms with E-state index in [9.17, 15) is 5.11 Å². The van der Waals surface area contributed by atoms with Gasteiger partial charge in [0, 0.05) is 11.7 Å². The molecule has 1 fully saturated rings. The minimum absolute atomic E-state index is 0.210. The number of aromatic nitrogens is 4. The first-order valence-electron chi connectivity index (χ1n) is 8.93. The number of hydrogen-bond donors (Lipinski definition) is 4. The van der Waals surface area contributed by atoms with E-state index >= 15 is 0 Å². The molecule has 2 aromatic heterocycles. The molecule has 0 aliphatic heterocycles. The number of halogens is 2. The van der Waals surface area contributed by atoms with Crippen LogP contribution in [0.1, 0.15) is 25.7 Å². The van der Waals surface area contributed by atoms with Crippen LogP contribution in [0.2, 0.25) is 10.0 Å². The Balaban J connectivity index is 1.61. The second-order valence-electron chi connectivity index (χ2n) is 6.78. The Kier molecular flexibility index (Phi) is 5.34. The second kappa shape index (κ2) is 7.90. The van der Waals surface area contributed by atoms with Crippen molar-refractivity contribution in [3.05, 3.63) is 34.7 Å². The number of benzene rings is 1. The van der Waals surface area contributed by atoms with Crippen LogP contribution in [0.4, 0.5) is 23.1 Å². The summed E-state index contributed by atoms with van der Waals surface area (Å²) in [5.41, 5.74) is 7.93. The van der Waals surface area contributed by atoms with Gasteiger partial charge in [-0.3, -0.25) is 0 Å². The molecule has 0 spiro atoms. The van der Waals surface area contributed by atoms with Gasteiger partial charge in [-0.15, -0.1) is 0 Å². The zero-order valence-corrected chi connectivity index (χ0v) is 16.4. The number of aliphatic hydroxyl groups is 1. The van der Waals surface area contributed by atoms with Crippen LogP contribution >= 0.6 is 23.2 Å². The molecule has 146 valence electrons. The van der Waals surface area contributed by atoms with Crippen LogP contribution in [0.25, 0.3) is 11.0 Å². The molecule has 3 aromatic rings. The van der Waals surface area contributed by atoms with E-state index in [1.165, 1.54) is 6.33 Å². The minimum atomic E-state index is -0.210. The third kappa shape index (κ3) is 4.04. The number of rotatable bonds is 4. The Morgan fingerprint density at radius 2 is 1.75 bits per heavy atom. The summed E-state index contributed by atoms with van der Waals surface area (Å²) in [4.78, 5) is 17.4. The first-order valence-corrected chi connectivity index (χ1v) is 9.69. The third-order valence-electron chi connectivity index (χ3n) is 4.75. The monoisotopic (exact) mass is 419 g/mol. The minimum Gasteiger partial charge on any atom is -0.396 e. The van der Waals surface area contributed by atoms with Gasteiger partial charge in [0.2, 0.25) is 5.95 Å². The quantitative estimate of drug-likeness (QED) is 0.471. The highest BCUT2D eigenvalue weighted by atomic mass is 35.5. The summed E-state index contributed by atoms with van der Waals surface area (Å²) in [6, 6.07) is 3.58. The number of nitrogens with one attached hydrogen (secondary N) is 2. The van der Waals surface area contributed by atoms with Crippen LogP contribution in [0.15, 0.2) is 24.7 Å². The van der Waals surface area contributed by atoms with Crippen LogP contribution in [0, 0.1) is 0 Å². The lowest BCUT2D eigenvalue weighted by atomic mass is 9.93. The molecule has 0 unspecified atom stereocenters. The smallest absolute Gasteiger partial charge is 0.223 e. The lowest BCUT2D eigenvalue weighted by Gasteiger charge is -2.26. The van der Waals surface area contributed by atoms with Crippen molar-refractivity contribution in [1.82, 2.24) is 19.9 Å². The summed E-state index contributed by atoms with van der Waals surface area (Å²) < 4.78 is 0. The van der Waals surface area contributed by atoms with Crippen molar-refractivity contribution in [2.45, 2.75) is 37.8 Å². The highest BCUT2D eigenvalue weighted by Crippen LogP contribution is 2.33. The van der Waals surface area contributed by atoms with E-state index in [0.29, 0.717) is 44.2 Å². The van der Waals surface area contributed by atoms with Gasteiger partial charge in [-0.05, 0) is 37.8 Å². The standard InChI is InChI=1S/C18H19Cl2N7O/c19-12-5-10(6-13(20)15(12)21)25-17-16-14(23-8-24-17)7-22-18(27-16)26-9-1-3-11(28)4-2-9/h5-9,11,28H,1-4,21H2,(H,22,26,27)(H,23,24,25). The molecule has 8 nitrogen and oxygen atoms in total. The SMILES string of the molecule is Nc1c(Cl)cc(Nc2ncnc3cnc(NC4CCC(O)CC4)nc23)cc1Cl. The van der Waals surface area contributed by atoms with E-state index in [1.807, 2.05) is 0 Å². The van der Waals surface area contributed by atoms with Crippen LogP contribution in [-0.4, -0.2) is 37.2 Å². The Bertz CT molecular complexity index is 985. The first-order chi connectivity index (χ1) is 13.5. The normalized spacial score (nSPS) is 19.5. The molecule has 5 N–H and O–H groups in total. The van der Waals surface area contributed by atoms with Gasteiger partial charge in [0.05, 0.1) is 28.0 Å². The molecule has 0 atom stereocenters. The topological polar surface area (TPSA) is 122 Å². The summed E-state index contributed by atoms with van der Waals surface area (Å²) in [6.45, 7) is 0. The molecule has 4 rings (SSSR count). The highest BCUT2D eigenvalue weighted by molar-refractivity contribution is 6.39. The second-order valence-corrected chi connectivity index (χ2v) is 7.59. The van der Waals surface area contributed by atoms with Crippen molar-refractivity contribution < 1.29 is 5.11 Å². The van der Waals surface area contributed by atoms with Crippen molar-refractivity contribution in [2.75, 3.05) is 16.4 Å². The van der Waals surface area contributed by atoms with Gasteiger partial charge in [0.1, 0.15) is 17.4 Å². The van der Waals surface area contributed by atoms with E-state index in [1.54, 1.807) is 18.3 Å². The maximum absolute atomic E-state index is 9.66. The molecule has 2 heterocycles. The Morgan fingerprint density at radius 1 is 1.04 bits per heavy atom. The average Bonchev–Trinajstić information content (AvgIpc) is 2.68. The number of anilines is 4. The van der Waals surface area contributed by atoms with Crippen molar-refractivity contribution in [3.8, 4) is 0 Å². The molecular weight excluding hydrogens is 401 g/mol. The van der Waals surface area contributed by atoms with E-state index in [4.69, 9.17) is 28.9 Å². The van der Waals surface area contributed by atoms with E-state index in [-0.39, 0.29) is 12.1 Å². The van der Waals surface area contributed by atoms with Gasteiger partial charge in [0.15, 0.2) is 5.82 Å². The summed E-state index contributed by atoms with van der Waals surface area (Å²) >= 11 is 12.2. The van der Waals surface area contributed by atoms with Gasteiger partial charge in [-0.2, -0.15) is 0 Å². The van der Waals surface area contributed by atoms with Crippen LogP contribution in [-0.2, 0) is 0 Å². The van der Waals surface area contributed by atoms with Crippen molar-refractivity contribution >= 4 is 57.4 Å². The Labute approximate surface area is 171 Å². The van der Waals surface area contributed by atoms with Gasteiger partial charge in [-0.1, -0.05) is 23.2 Å². The maximum atomic E-state index is 9.66. The predicted molar refractivity (Wildman–Crippen MR) is 111 cm³/mol. The molecule has 1 aromatic carbocycles. The molecule has 1 aliphatic carbocycles. The molecular formula is C18H19Cl2N7O. The van der Waals surface area contributed by atoms with Crippen molar-refractivity contribution in [2.24, 2.45) is 0 Å². The summed E-state index contributed by atoms with van der Waals surface area (Å²) in [6.07, 6.45) is 6.18. The number of nitrogen functional groups attached to an aromatic ring is 1. The van der Waals surface area contributed by atoms with Gasteiger partial charge in [-0.25, -0.2) is 19.9 Å². The predicted octanol–water partition coefficient (Wildman–Crippen LogP) is 3.77. The Hall–Kier alpha value is -2.42.